The molecule has 1 amide bonds. The Labute approximate surface area is 137 Å². The van der Waals surface area contributed by atoms with E-state index < -0.39 is 0 Å². The first-order valence-corrected chi connectivity index (χ1v) is 8.28. The Morgan fingerprint density at radius 1 is 1.22 bits per heavy atom. The largest absolute Gasteiger partial charge is 0.461 e. The number of rotatable bonds is 7. The number of carbonyl (C=O) groups excluding carboxylic acids is 2. The first kappa shape index (κ1) is 17.5. The molecule has 0 aromatic heterocycles. The van der Waals surface area contributed by atoms with Crippen LogP contribution in [0.5, 0.6) is 0 Å². The van der Waals surface area contributed by atoms with E-state index in [0.29, 0.717) is 24.8 Å². The molecule has 0 spiro atoms. The lowest BCUT2D eigenvalue weighted by molar-refractivity contribution is -0.145. The van der Waals surface area contributed by atoms with Gasteiger partial charge in [0.05, 0.1) is 6.10 Å². The van der Waals surface area contributed by atoms with Crippen molar-refractivity contribution < 1.29 is 19.4 Å². The first-order valence-electron chi connectivity index (χ1n) is 8.28. The summed E-state index contributed by atoms with van der Waals surface area (Å²) in [6.07, 6.45) is 3.31. The van der Waals surface area contributed by atoms with Gasteiger partial charge in [0.2, 0.25) is 0 Å². The lowest BCUT2D eigenvalue weighted by Crippen LogP contribution is -2.27. The molecule has 1 aromatic carbocycles. The number of ether oxygens (including phenoxy) is 1. The summed E-state index contributed by atoms with van der Waals surface area (Å²) in [4.78, 5) is 25.7. The van der Waals surface area contributed by atoms with Gasteiger partial charge in [-0.15, -0.1) is 0 Å². The van der Waals surface area contributed by atoms with Crippen LogP contribution in [0.3, 0.4) is 0 Å². The zero-order valence-corrected chi connectivity index (χ0v) is 13.7. The van der Waals surface area contributed by atoms with Crippen molar-refractivity contribution >= 4 is 11.9 Å². The monoisotopic (exact) mass is 319 g/mol. The van der Waals surface area contributed by atoms with E-state index in [4.69, 9.17) is 9.84 Å². The molecule has 0 aliphatic carbocycles. The van der Waals surface area contributed by atoms with Gasteiger partial charge in [0.25, 0.3) is 5.91 Å². The quantitative estimate of drug-likeness (QED) is 0.784. The standard InChI is InChI=1S/C18H25NO4/c1-14(20)5-4-6-17(21)23-13-15-7-9-16(10-8-15)18(22)19-11-2-3-12-19/h7-10,14,20H,2-6,11-13H2,1H3/t14-/m1/s1. The van der Waals surface area contributed by atoms with Gasteiger partial charge >= 0.3 is 5.97 Å². The third-order valence-electron chi connectivity index (χ3n) is 4.00. The van der Waals surface area contributed by atoms with Gasteiger partial charge in [-0.3, -0.25) is 9.59 Å². The molecule has 0 unspecified atom stereocenters. The summed E-state index contributed by atoms with van der Waals surface area (Å²) in [5.74, 6) is -0.188. The molecule has 1 aromatic rings. The molecule has 1 fully saturated rings. The molecule has 5 heteroatoms. The predicted octanol–water partition coefficient (Wildman–Crippen LogP) is 2.52. The molecule has 0 bridgehead atoms. The van der Waals surface area contributed by atoms with Gasteiger partial charge < -0.3 is 14.7 Å². The highest BCUT2D eigenvalue weighted by Gasteiger charge is 2.19. The van der Waals surface area contributed by atoms with E-state index in [9.17, 15) is 9.59 Å². The van der Waals surface area contributed by atoms with Crippen molar-refractivity contribution in [2.45, 2.75) is 51.7 Å². The average Bonchev–Trinajstić information content (AvgIpc) is 3.07. The summed E-state index contributed by atoms with van der Waals surface area (Å²) < 4.78 is 5.19. The third-order valence-corrected chi connectivity index (χ3v) is 4.00. The molecule has 0 radical (unpaired) electrons. The SMILES string of the molecule is C[C@@H](O)CCCC(=O)OCc1ccc(C(=O)N2CCCC2)cc1. The van der Waals surface area contributed by atoms with Gasteiger partial charge in [-0.05, 0) is 50.3 Å². The Hall–Kier alpha value is -1.88. The number of likely N-dealkylation sites (tertiary alicyclic amines) is 1. The van der Waals surface area contributed by atoms with Crippen LogP contribution in [0.2, 0.25) is 0 Å². The van der Waals surface area contributed by atoms with E-state index >= 15 is 0 Å². The van der Waals surface area contributed by atoms with Crippen LogP contribution in [0.4, 0.5) is 0 Å². The second kappa shape index (κ2) is 8.67. The smallest absolute Gasteiger partial charge is 0.306 e. The van der Waals surface area contributed by atoms with E-state index in [0.717, 1.165) is 31.5 Å². The van der Waals surface area contributed by atoms with Crippen LogP contribution in [-0.4, -0.2) is 41.1 Å². The van der Waals surface area contributed by atoms with Crippen LogP contribution in [0.15, 0.2) is 24.3 Å². The Bertz CT molecular complexity index is 518. The van der Waals surface area contributed by atoms with Crippen LogP contribution in [0, 0.1) is 0 Å². The normalized spacial score (nSPS) is 15.5. The zero-order chi connectivity index (χ0) is 16.7. The minimum absolute atomic E-state index is 0.0733. The summed E-state index contributed by atoms with van der Waals surface area (Å²) in [6, 6.07) is 7.23. The van der Waals surface area contributed by atoms with Crippen molar-refractivity contribution in [3.63, 3.8) is 0 Å². The number of hydrogen-bond donors (Lipinski definition) is 1. The van der Waals surface area contributed by atoms with Crippen LogP contribution < -0.4 is 0 Å². The molecule has 0 saturated carbocycles. The van der Waals surface area contributed by atoms with E-state index in [1.54, 1.807) is 19.1 Å². The van der Waals surface area contributed by atoms with Crippen LogP contribution >= 0.6 is 0 Å². The summed E-state index contributed by atoms with van der Waals surface area (Å²) >= 11 is 0. The van der Waals surface area contributed by atoms with E-state index in [-0.39, 0.29) is 24.6 Å². The number of aliphatic hydroxyl groups excluding tert-OH is 1. The molecule has 5 nitrogen and oxygen atoms in total. The molecular weight excluding hydrogens is 294 g/mol. The Morgan fingerprint density at radius 2 is 1.87 bits per heavy atom. The van der Waals surface area contributed by atoms with Gasteiger partial charge in [0.1, 0.15) is 6.61 Å². The lowest BCUT2D eigenvalue weighted by Gasteiger charge is -2.15. The van der Waals surface area contributed by atoms with Crippen molar-refractivity contribution in [2.75, 3.05) is 13.1 Å². The molecule has 23 heavy (non-hydrogen) atoms. The van der Waals surface area contributed by atoms with Crippen LogP contribution in [0.25, 0.3) is 0 Å². The Balaban J connectivity index is 1.76. The number of esters is 1. The van der Waals surface area contributed by atoms with Gasteiger partial charge in [-0.25, -0.2) is 0 Å². The number of benzene rings is 1. The van der Waals surface area contributed by atoms with Crippen molar-refractivity contribution in [3.8, 4) is 0 Å². The molecule has 1 saturated heterocycles. The fraction of sp³-hybridized carbons (Fsp3) is 0.556. The summed E-state index contributed by atoms with van der Waals surface area (Å²) in [7, 11) is 0. The van der Waals surface area contributed by atoms with Crippen LogP contribution in [-0.2, 0) is 16.1 Å². The average molecular weight is 319 g/mol. The van der Waals surface area contributed by atoms with E-state index in [1.807, 2.05) is 17.0 Å². The molecule has 1 N–H and O–H groups in total. The number of aliphatic hydroxyl groups is 1. The third kappa shape index (κ3) is 5.67. The van der Waals surface area contributed by atoms with E-state index in [2.05, 4.69) is 0 Å². The molecule has 126 valence electrons. The second-order valence-corrected chi connectivity index (χ2v) is 6.10. The number of amides is 1. The fourth-order valence-corrected chi connectivity index (χ4v) is 2.62. The van der Waals surface area contributed by atoms with Gasteiger partial charge in [-0.2, -0.15) is 0 Å². The maximum atomic E-state index is 12.2. The van der Waals surface area contributed by atoms with E-state index in [1.165, 1.54) is 0 Å². The molecular formula is C18H25NO4. The molecule has 1 aliphatic rings. The summed E-state index contributed by atoms with van der Waals surface area (Å²) in [5.41, 5.74) is 1.55. The minimum Gasteiger partial charge on any atom is -0.461 e. The number of hydrogen-bond acceptors (Lipinski definition) is 4. The second-order valence-electron chi connectivity index (χ2n) is 6.10. The highest BCUT2D eigenvalue weighted by atomic mass is 16.5. The zero-order valence-electron chi connectivity index (χ0n) is 13.7. The van der Waals surface area contributed by atoms with Crippen molar-refractivity contribution in [2.24, 2.45) is 0 Å². The van der Waals surface area contributed by atoms with Crippen molar-refractivity contribution in [1.82, 2.24) is 4.90 Å². The predicted molar refractivity (Wildman–Crippen MR) is 86.9 cm³/mol. The topological polar surface area (TPSA) is 66.8 Å². The Kier molecular flexibility index (Phi) is 6.59. The highest BCUT2D eigenvalue weighted by Crippen LogP contribution is 2.14. The summed E-state index contributed by atoms with van der Waals surface area (Å²) in [5, 5.41) is 9.14. The molecule has 1 aliphatic heterocycles. The van der Waals surface area contributed by atoms with Gasteiger partial charge in [0.15, 0.2) is 0 Å². The molecule has 1 heterocycles. The highest BCUT2D eigenvalue weighted by molar-refractivity contribution is 5.94. The van der Waals surface area contributed by atoms with Crippen molar-refractivity contribution in [3.05, 3.63) is 35.4 Å². The summed E-state index contributed by atoms with van der Waals surface area (Å²) in [6.45, 7) is 3.59. The molecule has 2 rings (SSSR count). The van der Waals surface area contributed by atoms with Gasteiger partial charge in [0, 0.05) is 25.1 Å². The molecule has 1 atom stereocenters. The van der Waals surface area contributed by atoms with Crippen LogP contribution in [0.1, 0.15) is 54.9 Å². The maximum Gasteiger partial charge on any atom is 0.306 e. The Morgan fingerprint density at radius 3 is 2.48 bits per heavy atom. The van der Waals surface area contributed by atoms with Gasteiger partial charge in [-0.1, -0.05) is 12.1 Å². The fourth-order valence-electron chi connectivity index (χ4n) is 2.62. The first-order chi connectivity index (χ1) is 11.1. The number of nitrogens with zero attached hydrogens (tertiary/aromatic N) is 1. The minimum atomic E-state index is -0.386. The lowest BCUT2D eigenvalue weighted by atomic mass is 10.1. The maximum absolute atomic E-state index is 12.2. The number of carbonyl (C=O) groups is 2. The van der Waals surface area contributed by atoms with Crippen molar-refractivity contribution in [1.29, 1.82) is 0 Å².